The zero-order valence-corrected chi connectivity index (χ0v) is 20.3. The van der Waals surface area contributed by atoms with Gasteiger partial charge in [-0.3, -0.25) is 14.2 Å². The summed E-state index contributed by atoms with van der Waals surface area (Å²) in [6.07, 6.45) is 3.72. The third-order valence-electron chi connectivity index (χ3n) is 4.96. The Labute approximate surface area is 195 Å². The van der Waals surface area contributed by atoms with Gasteiger partial charge in [-0.25, -0.2) is 9.78 Å². The molecule has 1 amide bonds. The number of carbonyl (C=O) groups is 2. The molecule has 2 heterocycles. The third-order valence-corrected chi connectivity index (χ3v) is 6.78. The molecule has 1 aliphatic carbocycles. The van der Waals surface area contributed by atoms with Crippen LogP contribution in [-0.4, -0.2) is 64.3 Å². The summed E-state index contributed by atoms with van der Waals surface area (Å²) in [7, 11) is 4.03. The average molecular weight is 480 g/mol. The largest absolute Gasteiger partial charge is 0.466 e. The minimum absolute atomic E-state index is 0.0792. The predicted octanol–water partition coefficient (Wildman–Crippen LogP) is 1.98. The molecule has 0 fully saturated rings. The van der Waals surface area contributed by atoms with E-state index in [4.69, 9.17) is 4.74 Å². The Morgan fingerprint density at radius 3 is 2.88 bits per heavy atom. The zero-order valence-electron chi connectivity index (χ0n) is 18.7. The van der Waals surface area contributed by atoms with Crippen LogP contribution in [0.5, 0.6) is 0 Å². The summed E-state index contributed by atoms with van der Waals surface area (Å²) in [6, 6.07) is 0. The number of ether oxygens (including phenoxy) is 1. The summed E-state index contributed by atoms with van der Waals surface area (Å²) in [6.45, 7) is 3.65. The van der Waals surface area contributed by atoms with Gasteiger partial charge in [-0.2, -0.15) is 4.98 Å². The molecule has 0 atom stereocenters. The van der Waals surface area contributed by atoms with E-state index in [0.29, 0.717) is 29.0 Å². The fraction of sp³-hybridized carbons (Fsp3) is 0.571. The van der Waals surface area contributed by atoms with Crippen LogP contribution in [0.4, 0.5) is 5.13 Å². The van der Waals surface area contributed by atoms with Crippen molar-refractivity contribution in [1.29, 1.82) is 0 Å². The van der Waals surface area contributed by atoms with Crippen LogP contribution in [0, 0.1) is 0 Å². The molecule has 9 nitrogen and oxygen atoms in total. The van der Waals surface area contributed by atoms with E-state index in [1.54, 1.807) is 16.9 Å². The number of thiazole rings is 1. The van der Waals surface area contributed by atoms with Crippen LogP contribution in [-0.2, 0) is 40.1 Å². The molecule has 11 heteroatoms. The van der Waals surface area contributed by atoms with Crippen LogP contribution < -0.4 is 11.0 Å². The fourth-order valence-electron chi connectivity index (χ4n) is 3.58. The van der Waals surface area contributed by atoms with Gasteiger partial charge in [0.1, 0.15) is 5.03 Å². The predicted molar refractivity (Wildman–Crippen MR) is 125 cm³/mol. The second kappa shape index (κ2) is 11.6. The number of hydrogen-bond acceptors (Lipinski definition) is 9. The van der Waals surface area contributed by atoms with Crippen LogP contribution in [0.15, 0.2) is 15.2 Å². The summed E-state index contributed by atoms with van der Waals surface area (Å²) in [5.74, 6) is -0.436. The monoisotopic (exact) mass is 479 g/mol. The molecular weight excluding hydrogens is 450 g/mol. The second-order valence-electron chi connectivity index (χ2n) is 7.75. The summed E-state index contributed by atoms with van der Waals surface area (Å²) in [5.41, 5.74) is 2.48. The lowest BCUT2D eigenvalue weighted by molar-refractivity contribution is -0.142. The van der Waals surface area contributed by atoms with Crippen LogP contribution >= 0.6 is 23.1 Å². The quantitative estimate of drug-likeness (QED) is 0.296. The highest BCUT2D eigenvalue weighted by Gasteiger charge is 2.22. The van der Waals surface area contributed by atoms with Crippen LogP contribution in [0.1, 0.15) is 36.7 Å². The number of carbonyl (C=O) groups excluding carboxylic acids is 2. The highest BCUT2D eigenvalue weighted by Crippen LogP contribution is 2.29. The number of rotatable bonds is 11. The molecule has 3 rings (SSSR count). The van der Waals surface area contributed by atoms with Gasteiger partial charge in [0.15, 0.2) is 5.13 Å². The van der Waals surface area contributed by atoms with Gasteiger partial charge in [0, 0.05) is 23.2 Å². The van der Waals surface area contributed by atoms with E-state index in [9.17, 15) is 14.4 Å². The molecular formula is C21H29N5O4S2. The second-order valence-corrected chi connectivity index (χ2v) is 9.57. The van der Waals surface area contributed by atoms with Gasteiger partial charge in [-0.05, 0) is 53.2 Å². The molecule has 0 saturated heterocycles. The zero-order chi connectivity index (χ0) is 23.1. The van der Waals surface area contributed by atoms with Gasteiger partial charge < -0.3 is 15.0 Å². The third kappa shape index (κ3) is 6.63. The molecule has 32 heavy (non-hydrogen) atoms. The van der Waals surface area contributed by atoms with Crippen molar-refractivity contribution >= 4 is 40.1 Å². The Morgan fingerprint density at radius 1 is 1.31 bits per heavy atom. The molecule has 0 unspecified atom stereocenters. The van der Waals surface area contributed by atoms with E-state index in [2.05, 4.69) is 20.2 Å². The molecule has 1 N–H and O–H groups in total. The van der Waals surface area contributed by atoms with E-state index >= 15 is 0 Å². The van der Waals surface area contributed by atoms with E-state index in [0.717, 1.165) is 43.5 Å². The fourth-order valence-corrected chi connectivity index (χ4v) is 5.18. The van der Waals surface area contributed by atoms with Crippen molar-refractivity contribution in [2.75, 3.05) is 38.3 Å². The molecule has 174 valence electrons. The number of nitrogens with zero attached hydrogens (tertiary/aromatic N) is 4. The van der Waals surface area contributed by atoms with E-state index in [-0.39, 0.29) is 29.7 Å². The minimum Gasteiger partial charge on any atom is -0.466 e. The number of fused-ring (bicyclic) bond motifs is 1. The molecule has 1 aliphatic rings. The minimum atomic E-state index is -0.345. The number of aromatic nitrogens is 3. The summed E-state index contributed by atoms with van der Waals surface area (Å²) in [4.78, 5) is 47.2. The van der Waals surface area contributed by atoms with E-state index in [1.807, 2.05) is 14.1 Å². The molecule has 2 aromatic heterocycles. The van der Waals surface area contributed by atoms with Crippen molar-refractivity contribution in [2.24, 2.45) is 0 Å². The van der Waals surface area contributed by atoms with Crippen LogP contribution in [0.25, 0.3) is 0 Å². The molecule has 0 bridgehead atoms. The Kier molecular flexibility index (Phi) is 8.83. The molecule has 0 aromatic carbocycles. The standard InChI is InChI=1S/C21H29N5O4S2/c1-4-30-18(28)11-14-12-32-20(22-14)23-17(27)13-31-19-15-7-5-8-16(15)26(21(29)24-19)10-6-9-25(2)3/h12H,4-11,13H2,1-3H3,(H,22,23,27). The Morgan fingerprint density at radius 2 is 2.12 bits per heavy atom. The smallest absolute Gasteiger partial charge is 0.348 e. The summed E-state index contributed by atoms with van der Waals surface area (Å²) < 4.78 is 6.71. The van der Waals surface area contributed by atoms with Gasteiger partial charge in [-0.15, -0.1) is 11.3 Å². The van der Waals surface area contributed by atoms with Crippen molar-refractivity contribution < 1.29 is 14.3 Å². The Bertz CT molecular complexity index is 1020. The number of hydrogen-bond donors (Lipinski definition) is 1. The number of amides is 1. The van der Waals surface area contributed by atoms with Crippen molar-refractivity contribution in [3.8, 4) is 0 Å². The molecule has 0 spiro atoms. The van der Waals surface area contributed by atoms with Crippen molar-refractivity contribution in [3.05, 3.63) is 32.8 Å². The van der Waals surface area contributed by atoms with Crippen molar-refractivity contribution in [2.45, 2.75) is 50.6 Å². The van der Waals surface area contributed by atoms with Gasteiger partial charge in [-0.1, -0.05) is 11.8 Å². The maximum absolute atomic E-state index is 12.6. The maximum Gasteiger partial charge on any atom is 0.348 e. The van der Waals surface area contributed by atoms with Gasteiger partial charge in [0.25, 0.3) is 0 Å². The van der Waals surface area contributed by atoms with Crippen LogP contribution in [0.3, 0.4) is 0 Å². The average Bonchev–Trinajstić information content (AvgIpc) is 3.38. The molecule has 0 aliphatic heterocycles. The van der Waals surface area contributed by atoms with Gasteiger partial charge in [0.2, 0.25) is 5.91 Å². The molecule has 2 aromatic rings. The van der Waals surface area contributed by atoms with Crippen molar-refractivity contribution in [1.82, 2.24) is 19.4 Å². The number of thioether (sulfide) groups is 1. The first-order valence-electron chi connectivity index (χ1n) is 10.7. The molecule has 0 radical (unpaired) electrons. The number of nitrogens with one attached hydrogen (secondary N) is 1. The number of esters is 1. The highest BCUT2D eigenvalue weighted by atomic mass is 32.2. The van der Waals surface area contributed by atoms with E-state index in [1.165, 1.54) is 23.1 Å². The Balaban J connectivity index is 1.59. The van der Waals surface area contributed by atoms with Gasteiger partial charge >= 0.3 is 11.7 Å². The summed E-state index contributed by atoms with van der Waals surface area (Å²) in [5, 5.41) is 5.57. The SMILES string of the molecule is CCOC(=O)Cc1csc(NC(=O)CSc2nc(=O)n(CCCN(C)C)c3c2CCC3)n1. The first-order valence-corrected chi connectivity index (χ1v) is 12.5. The lowest BCUT2D eigenvalue weighted by atomic mass is 10.2. The lowest BCUT2D eigenvalue weighted by Crippen LogP contribution is -2.29. The van der Waals surface area contributed by atoms with Gasteiger partial charge in [0.05, 0.1) is 24.5 Å². The Hall–Kier alpha value is -2.24. The first-order chi connectivity index (χ1) is 15.4. The van der Waals surface area contributed by atoms with Crippen LogP contribution in [0.2, 0.25) is 0 Å². The topological polar surface area (TPSA) is 106 Å². The van der Waals surface area contributed by atoms with Crippen molar-refractivity contribution in [3.63, 3.8) is 0 Å². The first kappa shape index (κ1) is 24.4. The normalized spacial score (nSPS) is 12.8. The summed E-state index contributed by atoms with van der Waals surface area (Å²) >= 11 is 2.55. The molecule has 0 saturated carbocycles. The number of anilines is 1. The van der Waals surface area contributed by atoms with E-state index < -0.39 is 0 Å². The maximum atomic E-state index is 12.6. The lowest BCUT2D eigenvalue weighted by Gasteiger charge is -2.15. The highest BCUT2D eigenvalue weighted by molar-refractivity contribution is 8.00.